The van der Waals surface area contributed by atoms with Crippen molar-refractivity contribution >= 4 is 23.0 Å². The van der Waals surface area contributed by atoms with Crippen molar-refractivity contribution in [3.8, 4) is 5.69 Å². The molecule has 0 spiro atoms. The highest BCUT2D eigenvalue weighted by Gasteiger charge is 2.22. The summed E-state index contributed by atoms with van der Waals surface area (Å²) in [6, 6.07) is 18.9. The van der Waals surface area contributed by atoms with E-state index in [1.54, 1.807) is 0 Å². The Labute approximate surface area is 218 Å². The van der Waals surface area contributed by atoms with Gasteiger partial charge in [0.25, 0.3) is 0 Å². The summed E-state index contributed by atoms with van der Waals surface area (Å²) in [6.45, 7) is 11.7. The van der Waals surface area contributed by atoms with Gasteiger partial charge in [0.05, 0.1) is 29.8 Å². The molecular formula is C28H33N7S. The molecule has 1 N–H and O–H groups in total. The van der Waals surface area contributed by atoms with Crippen molar-refractivity contribution in [1.29, 1.82) is 0 Å². The Morgan fingerprint density at radius 3 is 2.36 bits per heavy atom. The van der Waals surface area contributed by atoms with Crippen LogP contribution in [0.15, 0.2) is 67.0 Å². The van der Waals surface area contributed by atoms with Gasteiger partial charge in [-0.2, -0.15) is 10.2 Å². The monoisotopic (exact) mass is 499 g/mol. The molecule has 0 radical (unpaired) electrons. The standard InChI is InChI=1S/C28H33N7S/c1-21-9-11-24(12-10-21)18-34-19-25(17-29-34)30-28(36)33-15-13-32(14-16-33)20-27-22(2)31-35(23(27)3)26-7-5-4-6-8-26/h4-12,17,19H,13-16,18,20H2,1-3H3,(H,30,36). The van der Waals surface area contributed by atoms with Gasteiger partial charge < -0.3 is 10.2 Å². The number of benzene rings is 2. The fraction of sp³-hybridized carbons (Fsp3) is 0.321. The maximum Gasteiger partial charge on any atom is 0.173 e. The van der Waals surface area contributed by atoms with E-state index in [1.165, 1.54) is 22.4 Å². The third-order valence-corrected chi connectivity index (χ3v) is 7.19. The number of hydrogen-bond donors (Lipinski definition) is 1. The molecule has 0 bridgehead atoms. The van der Waals surface area contributed by atoms with Crippen molar-refractivity contribution in [1.82, 2.24) is 29.4 Å². The van der Waals surface area contributed by atoms with E-state index in [4.69, 9.17) is 17.3 Å². The summed E-state index contributed by atoms with van der Waals surface area (Å²) in [6.07, 6.45) is 3.85. The van der Waals surface area contributed by atoms with Crippen LogP contribution in [0, 0.1) is 20.8 Å². The zero-order valence-corrected chi connectivity index (χ0v) is 22.0. The molecule has 2 aromatic carbocycles. The van der Waals surface area contributed by atoms with Crippen molar-refractivity contribution in [2.24, 2.45) is 0 Å². The molecule has 1 aliphatic heterocycles. The molecular weight excluding hydrogens is 466 g/mol. The molecule has 186 valence electrons. The molecule has 3 heterocycles. The maximum absolute atomic E-state index is 5.72. The van der Waals surface area contributed by atoms with E-state index in [1.807, 2.05) is 23.1 Å². The quantitative estimate of drug-likeness (QED) is 0.393. The average Bonchev–Trinajstić information content (AvgIpc) is 3.45. The van der Waals surface area contributed by atoms with Crippen LogP contribution in [0.5, 0.6) is 0 Å². The molecule has 1 saturated heterocycles. The third kappa shape index (κ3) is 5.50. The van der Waals surface area contributed by atoms with E-state index >= 15 is 0 Å². The number of thiocarbonyl (C=S) groups is 1. The summed E-state index contributed by atoms with van der Waals surface area (Å²) in [4.78, 5) is 4.74. The number of piperazine rings is 1. The third-order valence-electron chi connectivity index (χ3n) is 6.83. The van der Waals surface area contributed by atoms with Crippen molar-refractivity contribution in [2.75, 3.05) is 31.5 Å². The zero-order valence-electron chi connectivity index (χ0n) is 21.2. The van der Waals surface area contributed by atoms with E-state index in [0.717, 1.165) is 61.4 Å². The number of aromatic nitrogens is 4. The van der Waals surface area contributed by atoms with Crippen LogP contribution in [0.1, 0.15) is 28.1 Å². The second-order valence-electron chi connectivity index (χ2n) is 9.50. The first kappa shape index (κ1) is 24.2. The van der Waals surface area contributed by atoms with Gasteiger partial charge in [-0.1, -0.05) is 48.0 Å². The van der Waals surface area contributed by atoms with E-state index in [9.17, 15) is 0 Å². The smallest absolute Gasteiger partial charge is 0.173 e. The molecule has 5 rings (SSSR count). The predicted octanol–water partition coefficient (Wildman–Crippen LogP) is 4.56. The number of rotatable bonds is 6. The highest BCUT2D eigenvalue weighted by atomic mass is 32.1. The van der Waals surface area contributed by atoms with Crippen LogP contribution in [-0.2, 0) is 13.1 Å². The van der Waals surface area contributed by atoms with Gasteiger partial charge in [0.15, 0.2) is 5.11 Å². The molecule has 4 aromatic rings. The van der Waals surface area contributed by atoms with Gasteiger partial charge in [-0.15, -0.1) is 0 Å². The van der Waals surface area contributed by atoms with Crippen LogP contribution >= 0.6 is 12.2 Å². The lowest BCUT2D eigenvalue weighted by Gasteiger charge is -2.36. The molecule has 8 heteroatoms. The Morgan fingerprint density at radius 1 is 0.917 bits per heavy atom. The Kier molecular flexibility index (Phi) is 7.16. The molecule has 2 aromatic heterocycles. The highest BCUT2D eigenvalue weighted by molar-refractivity contribution is 7.80. The summed E-state index contributed by atoms with van der Waals surface area (Å²) >= 11 is 5.72. The number of hydrogen-bond acceptors (Lipinski definition) is 4. The van der Waals surface area contributed by atoms with Crippen molar-refractivity contribution < 1.29 is 0 Å². The minimum absolute atomic E-state index is 0.743. The first-order chi connectivity index (χ1) is 17.5. The second kappa shape index (κ2) is 10.6. The Bertz CT molecular complexity index is 1320. The molecule has 0 atom stereocenters. The van der Waals surface area contributed by atoms with Gasteiger partial charge in [0, 0.05) is 50.2 Å². The minimum Gasteiger partial charge on any atom is -0.346 e. The highest BCUT2D eigenvalue weighted by Crippen LogP contribution is 2.20. The van der Waals surface area contributed by atoms with Crippen molar-refractivity contribution in [3.05, 3.63) is 95.1 Å². The van der Waals surface area contributed by atoms with Crippen LogP contribution in [-0.4, -0.2) is 60.7 Å². The number of nitrogens with one attached hydrogen (secondary N) is 1. The Morgan fingerprint density at radius 2 is 1.64 bits per heavy atom. The average molecular weight is 500 g/mol. The van der Waals surface area contributed by atoms with Gasteiger partial charge in [-0.3, -0.25) is 9.58 Å². The molecule has 7 nitrogen and oxygen atoms in total. The molecule has 0 aliphatic carbocycles. The Hall–Kier alpha value is -3.49. The molecule has 0 saturated carbocycles. The van der Waals surface area contributed by atoms with Crippen LogP contribution in [0.25, 0.3) is 5.69 Å². The minimum atomic E-state index is 0.743. The maximum atomic E-state index is 5.72. The first-order valence-electron chi connectivity index (χ1n) is 12.4. The van der Waals surface area contributed by atoms with Crippen molar-refractivity contribution in [3.63, 3.8) is 0 Å². The molecule has 0 unspecified atom stereocenters. The number of para-hydroxylation sites is 1. The number of nitrogens with zero attached hydrogens (tertiary/aromatic N) is 6. The summed E-state index contributed by atoms with van der Waals surface area (Å²) in [5.41, 5.74) is 8.14. The van der Waals surface area contributed by atoms with Crippen LogP contribution in [0.2, 0.25) is 0 Å². The van der Waals surface area contributed by atoms with Gasteiger partial charge in [0.2, 0.25) is 0 Å². The number of aryl methyl sites for hydroxylation is 2. The summed E-state index contributed by atoms with van der Waals surface area (Å²) in [5, 5.41) is 13.4. The number of anilines is 1. The second-order valence-corrected chi connectivity index (χ2v) is 9.89. The summed E-state index contributed by atoms with van der Waals surface area (Å²) in [7, 11) is 0. The largest absolute Gasteiger partial charge is 0.346 e. The van der Waals surface area contributed by atoms with E-state index in [0.29, 0.717) is 0 Å². The molecule has 1 fully saturated rings. The summed E-state index contributed by atoms with van der Waals surface area (Å²) in [5.74, 6) is 0. The van der Waals surface area contributed by atoms with Crippen LogP contribution in [0.3, 0.4) is 0 Å². The Balaban J connectivity index is 1.14. The van der Waals surface area contributed by atoms with Gasteiger partial charge in [0.1, 0.15) is 0 Å². The fourth-order valence-corrected chi connectivity index (χ4v) is 4.96. The lowest BCUT2D eigenvalue weighted by molar-refractivity contribution is 0.176. The lowest BCUT2D eigenvalue weighted by Crippen LogP contribution is -2.49. The SMILES string of the molecule is Cc1ccc(Cn2cc(NC(=S)N3CCN(Cc4c(C)nn(-c5ccccc5)c4C)CC3)cn2)cc1. The van der Waals surface area contributed by atoms with E-state index in [2.05, 4.69) is 94.2 Å². The molecule has 36 heavy (non-hydrogen) atoms. The van der Waals surface area contributed by atoms with Gasteiger partial charge in [-0.25, -0.2) is 4.68 Å². The lowest BCUT2D eigenvalue weighted by atomic mass is 10.1. The fourth-order valence-electron chi connectivity index (χ4n) is 4.65. The molecule has 1 aliphatic rings. The predicted molar refractivity (Wildman–Crippen MR) is 149 cm³/mol. The first-order valence-corrected chi connectivity index (χ1v) is 12.8. The summed E-state index contributed by atoms with van der Waals surface area (Å²) < 4.78 is 3.99. The van der Waals surface area contributed by atoms with Crippen LogP contribution in [0.4, 0.5) is 5.69 Å². The normalized spacial score (nSPS) is 14.2. The van der Waals surface area contributed by atoms with Crippen molar-refractivity contribution in [2.45, 2.75) is 33.9 Å². The van der Waals surface area contributed by atoms with E-state index < -0.39 is 0 Å². The van der Waals surface area contributed by atoms with Crippen LogP contribution < -0.4 is 5.32 Å². The molecule has 0 amide bonds. The van der Waals surface area contributed by atoms with Gasteiger partial charge in [-0.05, 0) is 50.7 Å². The van der Waals surface area contributed by atoms with E-state index in [-0.39, 0.29) is 0 Å². The topological polar surface area (TPSA) is 54.2 Å². The zero-order chi connectivity index (χ0) is 25.1. The van der Waals surface area contributed by atoms with Gasteiger partial charge >= 0.3 is 0 Å².